The van der Waals surface area contributed by atoms with Crippen LogP contribution in [0.1, 0.15) is 16.7 Å². The first kappa shape index (κ1) is 18.6. The molecule has 0 spiro atoms. The van der Waals surface area contributed by atoms with E-state index in [1.54, 1.807) is 24.7 Å². The summed E-state index contributed by atoms with van der Waals surface area (Å²) in [7, 11) is 0. The van der Waals surface area contributed by atoms with E-state index in [2.05, 4.69) is 43.5 Å². The van der Waals surface area contributed by atoms with Crippen LogP contribution in [0.3, 0.4) is 0 Å². The quantitative estimate of drug-likeness (QED) is 0.453. The van der Waals surface area contributed by atoms with Gasteiger partial charge in [-0.15, -0.1) is 0 Å². The zero-order valence-corrected chi connectivity index (χ0v) is 16.9. The van der Waals surface area contributed by atoms with Crippen LogP contribution in [0.2, 0.25) is 0 Å². The van der Waals surface area contributed by atoms with E-state index in [4.69, 9.17) is 5.26 Å². The minimum absolute atomic E-state index is 0.585. The van der Waals surface area contributed by atoms with Crippen molar-refractivity contribution in [2.45, 2.75) is 13.5 Å². The lowest BCUT2D eigenvalue weighted by Gasteiger charge is -2.12. The average molecular weight is 402 g/mol. The Kier molecular flexibility index (Phi) is 4.70. The number of nitriles is 1. The molecule has 0 saturated heterocycles. The Morgan fingerprint density at radius 3 is 2.71 bits per heavy atom. The number of nitrogens with zero attached hydrogens (tertiary/aromatic N) is 5. The van der Waals surface area contributed by atoms with E-state index >= 15 is 0 Å². The summed E-state index contributed by atoms with van der Waals surface area (Å²) >= 11 is 0. The van der Waals surface area contributed by atoms with Gasteiger partial charge in [0.25, 0.3) is 0 Å². The number of fused-ring (bicyclic) bond motifs is 2. The van der Waals surface area contributed by atoms with E-state index in [0.717, 1.165) is 50.0 Å². The molecule has 148 valence electrons. The third kappa shape index (κ3) is 3.65. The largest absolute Gasteiger partial charge is 0.366 e. The molecule has 0 atom stereocenters. The second-order valence-corrected chi connectivity index (χ2v) is 7.32. The predicted molar refractivity (Wildman–Crippen MR) is 121 cm³/mol. The maximum absolute atomic E-state index is 9.04. The van der Waals surface area contributed by atoms with Crippen molar-refractivity contribution in [2.24, 2.45) is 0 Å². The zero-order valence-electron chi connectivity index (χ0n) is 16.9. The molecule has 2 aromatic carbocycles. The molecule has 5 aromatic rings. The van der Waals surface area contributed by atoms with Crippen LogP contribution in [0.5, 0.6) is 0 Å². The van der Waals surface area contributed by atoms with Crippen molar-refractivity contribution in [3.63, 3.8) is 0 Å². The fraction of sp³-hybridized carbons (Fsp3) is 0.0800. The third-order valence-electron chi connectivity index (χ3n) is 5.29. The van der Waals surface area contributed by atoms with Crippen LogP contribution < -0.4 is 5.32 Å². The van der Waals surface area contributed by atoms with Crippen LogP contribution >= 0.6 is 0 Å². The van der Waals surface area contributed by atoms with E-state index in [-0.39, 0.29) is 0 Å². The summed E-state index contributed by atoms with van der Waals surface area (Å²) in [6.07, 6.45) is 5.20. The van der Waals surface area contributed by atoms with Gasteiger partial charge in [-0.25, -0.2) is 9.97 Å². The Morgan fingerprint density at radius 1 is 0.903 bits per heavy atom. The van der Waals surface area contributed by atoms with Crippen molar-refractivity contribution in [3.05, 3.63) is 90.0 Å². The summed E-state index contributed by atoms with van der Waals surface area (Å²) < 4.78 is 0. The van der Waals surface area contributed by atoms with Gasteiger partial charge in [0.05, 0.1) is 28.4 Å². The van der Waals surface area contributed by atoms with Gasteiger partial charge >= 0.3 is 0 Å². The maximum atomic E-state index is 9.04. The minimum atomic E-state index is 0.585. The Hall–Kier alpha value is -4.37. The van der Waals surface area contributed by atoms with Crippen LogP contribution in [0, 0.1) is 18.3 Å². The molecule has 0 aliphatic heterocycles. The molecule has 0 unspecified atom stereocenters. The zero-order chi connectivity index (χ0) is 21.2. The first-order chi connectivity index (χ1) is 15.2. The van der Waals surface area contributed by atoms with Gasteiger partial charge in [-0.2, -0.15) is 5.26 Å². The topological polar surface area (TPSA) is 87.4 Å². The highest BCUT2D eigenvalue weighted by atomic mass is 15.0. The van der Waals surface area contributed by atoms with Crippen molar-refractivity contribution < 1.29 is 0 Å². The van der Waals surface area contributed by atoms with Crippen LogP contribution in [0.25, 0.3) is 33.1 Å². The number of benzene rings is 2. The maximum Gasteiger partial charge on any atom is 0.133 e. The van der Waals surface area contributed by atoms with Crippen LogP contribution in [-0.4, -0.2) is 19.9 Å². The van der Waals surface area contributed by atoms with E-state index in [0.29, 0.717) is 12.1 Å². The summed E-state index contributed by atoms with van der Waals surface area (Å²) in [4.78, 5) is 17.8. The Balaban J connectivity index is 1.41. The molecule has 0 fully saturated rings. The number of hydrogen-bond acceptors (Lipinski definition) is 6. The SMILES string of the molecule is Cc1c(NCc2cnc3cc(C#N)ccc3c2)ncnc1-c1ccc2ncccc2c1. The molecule has 0 radical (unpaired) electrons. The molecule has 3 heterocycles. The molecular formula is C25H18N6. The highest BCUT2D eigenvalue weighted by Gasteiger charge is 2.10. The third-order valence-corrected chi connectivity index (χ3v) is 5.29. The number of anilines is 1. The molecule has 0 saturated carbocycles. The standard InChI is InChI=1S/C25H18N6/c1-16-24(21-6-7-22-19(11-21)3-2-8-27-22)30-15-31-25(16)29-14-18-9-20-5-4-17(12-26)10-23(20)28-13-18/h2-11,13,15H,14H2,1H3,(H,29,30,31). The fourth-order valence-electron chi connectivity index (χ4n) is 3.66. The van der Waals surface area contributed by atoms with Crippen LogP contribution in [0.4, 0.5) is 5.82 Å². The number of pyridine rings is 2. The monoisotopic (exact) mass is 402 g/mol. The van der Waals surface area contributed by atoms with Crippen molar-refractivity contribution in [1.82, 2.24) is 19.9 Å². The number of hydrogen-bond donors (Lipinski definition) is 1. The van der Waals surface area contributed by atoms with Crippen molar-refractivity contribution in [1.29, 1.82) is 5.26 Å². The highest BCUT2D eigenvalue weighted by molar-refractivity contribution is 5.84. The highest BCUT2D eigenvalue weighted by Crippen LogP contribution is 2.27. The predicted octanol–water partition coefficient (Wildman–Crippen LogP) is 5.03. The summed E-state index contributed by atoms with van der Waals surface area (Å²) in [6.45, 7) is 2.61. The second-order valence-electron chi connectivity index (χ2n) is 7.32. The van der Waals surface area contributed by atoms with Crippen molar-refractivity contribution in [3.8, 4) is 17.3 Å². The second kappa shape index (κ2) is 7.81. The molecule has 3 aromatic heterocycles. The minimum Gasteiger partial charge on any atom is -0.366 e. The van der Waals surface area contributed by atoms with Gasteiger partial charge in [0, 0.05) is 40.8 Å². The van der Waals surface area contributed by atoms with E-state index < -0.39 is 0 Å². The lowest BCUT2D eigenvalue weighted by molar-refractivity contribution is 1.06. The Labute approximate surface area is 179 Å². The summed E-state index contributed by atoms with van der Waals surface area (Å²) in [5.41, 5.74) is 6.33. The van der Waals surface area contributed by atoms with Crippen molar-refractivity contribution >= 4 is 27.6 Å². The smallest absolute Gasteiger partial charge is 0.133 e. The number of rotatable bonds is 4. The van der Waals surface area contributed by atoms with Gasteiger partial charge in [-0.05, 0) is 48.9 Å². The molecule has 31 heavy (non-hydrogen) atoms. The number of nitrogens with one attached hydrogen (secondary N) is 1. The molecule has 0 amide bonds. The van der Waals surface area contributed by atoms with Gasteiger partial charge in [-0.3, -0.25) is 9.97 Å². The van der Waals surface area contributed by atoms with Gasteiger partial charge in [0.1, 0.15) is 12.1 Å². The summed E-state index contributed by atoms with van der Waals surface area (Å²) in [5.74, 6) is 0.788. The van der Waals surface area contributed by atoms with E-state index in [1.807, 2.05) is 43.5 Å². The van der Waals surface area contributed by atoms with Gasteiger partial charge in [0.2, 0.25) is 0 Å². The molecule has 1 N–H and O–H groups in total. The van der Waals surface area contributed by atoms with Crippen LogP contribution in [0.15, 0.2) is 73.3 Å². The van der Waals surface area contributed by atoms with E-state index in [9.17, 15) is 0 Å². The van der Waals surface area contributed by atoms with Gasteiger partial charge < -0.3 is 5.32 Å². The molecule has 0 bridgehead atoms. The Morgan fingerprint density at radius 2 is 1.81 bits per heavy atom. The van der Waals surface area contributed by atoms with E-state index in [1.165, 1.54) is 0 Å². The molecule has 0 aliphatic rings. The molecule has 5 rings (SSSR count). The average Bonchev–Trinajstić information content (AvgIpc) is 2.82. The molecule has 0 aliphatic carbocycles. The molecular weight excluding hydrogens is 384 g/mol. The van der Waals surface area contributed by atoms with Crippen molar-refractivity contribution in [2.75, 3.05) is 5.32 Å². The van der Waals surface area contributed by atoms with Crippen LogP contribution in [-0.2, 0) is 6.54 Å². The van der Waals surface area contributed by atoms with Gasteiger partial charge in [-0.1, -0.05) is 18.2 Å². The first-order valence-electron chi connectivity index (χ1n) is 9.91. The lowest BCUT2D eigenvalue weighted by Crippen LogP contribution is -2.05. The lowest BCUT2D eigenvalue weighted by atomic mass is 10.0. The normalized spacial score (nSPS) is 10.8. The van der Waals surface area contributed by atoms with Gasteiger partial charge in [0.15, 0.2) is 0 Å². The first-order valence-corrected chi connectivity index (χ1v) is 9.91. The summed E-state index contributed by atoms with van der Waals surface area (Å²) in [6, 6.07) is 19.9. The Bertz CT molecular complexity index is 1470. The molecule has 6 nitrogen and oxygen atoms in total. The summed E-state index contributed by atoms with van der Waals surface area (Å²) in [5, 5.41) is 14.5. The number of aromatic nitrogens is 4. The molecule has 6 heteroatoms. The fourth-order valence-corrected chi connectivity index (χ4v) is 3.66.